The van der Waals surface area contributed by atoms with Crippen molar-refractivity contribution in [2.24, 2.45) is 9.98 Å². The topological polar surface area (TPSA) is 36.8 Å². The van der Waals surface area contributed by atoms with Crippen LogP contribution in [0.2, 0.25) is 0 Å². The van der Waals surface area contributed by atoms with Gasteiger partial charge < -0.3 is 5.32 Å². The van der Waals surface area contributed by atoms with Crippen molar-refractivity contribution in [2.75, 3.05) is 0 Å². The fourth-order valence-electron chi connectivity index (χ4n) is 7.57. The molecule has 0 saturated carbocycles. The van der Waals surface area contributed by atoms with Crippen molar-refractivity contribution in [2.45, 2.75) is 6.17 Å². The molecule has 51 heavy (non-hydrogen) atoms. The number of rotatable bonds is 4. The summed E-state index contributed by atoms with van der Waals surface area (Å²) in [4.78, 5) is 10.6. The maximum absolute atomic E-state index is 5.36. The molecule has 3 aromatic heterocycles. The third-order valence-electron chi connectivity index (χ3n) is 9.97. The average Bonchev–Trinajstić information content (AvgIpc) is 3.89. The van der Waals surface area contributed by atoms with Gasteiger partial charge in [0.15, 0.2) is 6.17 Å². The molecule has 0 bridgehead atoms. The van der Waals surface area contributed by atoms with Crippen molar-refractivity contribution in [1.82, 2.24) is 5.32 Å². The molecule has 10 aromatic rings. The summed E-state index contributed by atoms with van der Waals surface area (Å²) in [6.45, 7) is 0. The highest BCUT2D eigenvalue weighted by atomic mass is 32.1. The van der Waals surface area contributed by atoms with Gasteiger partial charge in [-0.25, -0.2) is 9.98 Å². The minimum Gasteiger partial charge on any atom is -0.324 e. The highest BCUT2D eigenvalue weighted by molar-refractivity contribution is 7.27. The van der Waals surface area contributed by atoms with Gasteiger partial charge in [0.1, 0.15) is 11.7 Å². The summed E-state index contributed by atoms with van der Waals surface area (Å²) in [6, 6.07) is 54.6. The number of hydrogen-bond donors (Lipinski definition) is 1. The van der Waals surface area contributed by atoms with Gasteiger partial charge in [0.2, 0.25) is 0 Å². The Hall–Kier alpha value is -5.66. The molecule has 4 heterocycles. The number of thiophene rings is 3. The van der Waals surface area contributed by atoms with E-state index in [-0.39, 0.29) is 0 Å². The molecular formula is C45H27N3S3. The van der Waals surface area contributed by atoms with Gasteiger partial charge in [-0.2, -0.15) is 0 Å². The van der Waals surface area contributed by atoms with Gasteiger partial charge in [0.25, 0.3) is 0 Å². The molecule has 240 valence electrons. The molecule has 0 fully saturated rings. The zero-order valence-corrected chi connectivity index (χ0v) is 29.6. The third kappa shape index (κ3) is 4.61. The predicted molar refractivity (Wildman–Crippen MR) is 222 cm³/mol. The van der Waals surface area contributed by atoms with Crippen LogP contribution >= 0.6 is 34.0 Å². The molecule has 11 rings (SSSR count). The first kappa shape index (κ1) is 29.1. The Labute approximate surface area is 305 Å². The number of nitrogens with one attached hydrogen (secondary N) is 1. The molecule has 6 heteroatoms. The van der Waals surface area contributed by atoms with Crippen LogP contribution in [-0.4, -0.2) is 11.7 Å². The van der Waals surface area contributed by atoms with Gasteiger partial charge in [-0.15, -0.1) is 34.0 Å². The number of nitrogens with zero attached hydrogens (tertiary/aromatic N) is 2. The first-order valence-corrected chi connectivity index (χ1v) is 19.5. The van der Waals surface area contributed by atoms with Gasteiger partial charge >= 0.3 is 0 Å². The predicted octanol–water partition coefficient (Wildman–Crippen LogP) is 13.0. The maximum Gasteiger partial charge on any atom is 0.171 e. The second-order valence-electron chi connectivity index (χ2n) is 12.9. The van der Waals surface area contributed by atoms with Crippen LogP contribution < -0.4 is 5.32 Å². The molecule has 0 spiro atoms. The lowest BCUT2D eigenvalue weighted by Gasteiger charge is -2.22. The Morgan fingerprint density at radius 2 is 0.941 bits per heavy atom. The number of fused-ring (bicyclic) bond motifs is 9. The van der Waals surface area contributed by atoms with Crippen molar-refractivity contribution in [3.05, 3.63) is 168 Å². The van der Waals surface area contributed by atoms with Crippen LogP contribution in [0.3, 0.4) is 0 Å². The van der Waals surface area contributed by atoms with Crippen LogP contribution in [0.1, 0.15) is 22.9 Å². The Kier molecular flexibility index (Phi) is 6.53. The molecule has 1 aliphatic rings. The van der Waals surface area contributed by atoms with E-state index in [4.69, 9.17) is 9.98 Å². The monoisotopic (exact) mass is 705 g/mol. The molecule has 0 saturated heterocycles. The Balaban J connectivity index is 1.09. The molecule has 7 aromatic carbocycles. The quantitative estimate of drug-likeness (QED) is 0.194. The lowest BCUT2D eigenvalue weighted by atomic mass is 10.00. The average molecular weight is 706 g/mol. The van der Waals surface area contributed by atoms with Crippen LogP contribution in [0, 0.1) is 0 Å². The summed E-state index contributed by atoms with van der Waals surface area (Å²) in [5.74, 6) is 1.67. The smallest absolute Gasteiger partial charge is 0.171 e. The molecule has 1 atom stereocenters. The normalized spacial score (nSPS) is 14.9. The first-order valence-electron chi connectivity index (χ1n) is 17.0. The van der Waals surface area contributed by atoms with Crippen molar-refractivity contribution >= 4 is 106 Å². The van der Waals surface area contributed by atoms with Crippen LogP contribution in [0.5, 0.6) is 0 Å². The van der Waals surface area contributed by atoms with Gasteiger partial charge in [0.05, 0.1) is 0 Å². The van der Waals surface area contributed by atoms with E-state index < -0.39 is 6.17 Å². The fraction of sp³-hybridized carbons (Fsp3) is 0.0222. The van der Waals surface area contributed by atoms with Gasteiger partial charge in [-0.1, -0.05) is 133 Å². The Bertz CT molecular complexity index is 3070. The van der Waals surface area contributed by atoms with E-state index in [1.807, 2.05) is 40.1 Å². The lowest BCUT2D eigenvalue weighted by Crippen LogP contribution is -2.36. The number of amidine groups is 2. The molecule has 1 unspecified atom stereocenters. The zero-order valence-electron chi connectivity index (χ0n) is 27.1. The molecule has 1 aliphatic heterocycles. The van der Waals surface area contributed by atoms with E-state index in [0.29, 0.717) is 0 Å². The summed E-state index contributed by atoms with van der Waals surface area (Å²) < 4.78 is 7.74. The molecule has 0 aliphatic carbocycles. The van der Waals surface area contributed by atoms with Crippen molar-refractivity contribution in [3.8, 4) is 11.1 Å². The van der Waals surface area contributed by atoms with Crippen LogP contribution in [0.25, 0.3) is 71.6 Å². The van der Waals surface area contributed by atoms with Crippen molar-refractivity contribution < 1.29 is 0 Å². The summed E-state index contributed by atoms with van der Waals surface area (Å²) in [5, 5.41) is 11.4. The Morgan fingerprint density at radius 1 is 0.392 bits per heavy atom. The maximum atomic E-state index is 5.36. The summed E-state index contributed by atoms with van der Waals surface area (Å²) in [7, 11) is 0. The molecule has 0 amide bonds. The summed E-state index contributed by atoms with van der Waals surface area (Å²) >= 11 is 5.58. The van der Waals surface area contributed by atoms with Gasteiger partial charge in [-0.3, -0.25) is 0 Å². The SMILES string of the molecule is c1ccc(C2=NC(c3cccc4c3sc3c(-c5cccc6c5sc5ccccc56)cccc34)N=C(c3ccc4c(c3)sc3ccccc34)N2)cc1. The largest absolute Gasteiger partial charge is 0.324 e. The van der Waals surface area contributed by atoms with E-state index in [0.717, 1.165) is 28.4 Å². The van der Waals surface area contributed by atoms with E-state index in [1.54, 1.807) is 0 Å². The van der Waals surface area contributed by atoms with Crippen LogP contribution in [-0.2, 0) is 0 Å². The minimum absolute atomic E-state index is 0.402. The van der Waals surface area contributed by atoms with E-state index >= 15 is 0 Å². The summed E-state index contributed by atoms with van der Waals surface area (Å²) in [6.07, 6.45) is -0.402. The van der Waals surface area contributed by atoms with Crippen LogP contribution in [0.4, 0.5) is 0 Å². The zero-order chi connectivity index (χ0) is 33.5. The second-order valence-corrected chi connectivity index (χ2v) is 16.1. The van der Waals surface area contributed by atoms with Gasteiger partial charge in [0, 0.05) is 88.3 Å². The van der Waals surface area contributed by atoms with Gasteiger partial charge in [-0.05, 0) is 18.2 Å². The fourth-order valence-corrected chi connectivity index (χ4v) is 11.3. The standard InChI is InChI=1S/C45H27N3S3/c1-2-11-26(12-3-1)43-46-44(27-23-24-30-28-13-4-6-21-37(28)49-39(30)25-27)48-45(47-43)36-20-10-19-35-34-18-9-17-33(41(34)51-42(35)36)32-16-8-15-31-29-14-5-7-22-38(29)50-40(31)32/h1-25,45H,(H,46,47,48). The van der Waals surface area contributed by atoms with Crippen molar-refractivity contribution in [1.29, 1.82) is 0 Å². The van der Waals surface area contributed by atoms with E-state index in [1.165, 1.54) is 71.6 Å². The first-order chi connectivity index (χ1) is 25.3. The highest BCUT2D eigenvalue weighted by Gasteiger charge is 2.24. The number of benzene rings is 7. The van der Waals surface area contributed by atoms with E-state index in [9.17, 15) is 0 Å². The number of aliphatic imine (C=N–C) groups is 2. The molecular weight excluding hydrogens is 679 g/mol. The minimum atomic E-state index is -0.402. The van der Waals surface area contributed by atoms with E-state index in [2.05, 4.69) is 151 Å². The van der Waals surface area contributed by atoms with Crippen LogP contribution in [0.15, 0.2) is 162 Å². The molecule has 1 N–H and O–H groups in total. The molecule has 0 radical (unpaired) electrons. The summed E-state index contributed by atoms with van der Waals surface area (Å²) in [5.41, 5.74) is 5.78. The van der Waals surface area contributed by atoms with Crippen molar-refractivity contribution in [3.63, 3.8) is 0 Å². The Morgan fingerprint density at radius 3 is 1.71 bits per heavy atom. The lowest BCUT2D eigenvalue weighted by molar-refractivity contribution is 0.763. The number of hydrogen-bond acceptors (Lipinski definition) is 6. The second kappa shape index (κ2) is 11.4. The molecule has 3 nitrogen and oxygen atoms in total. The third-order valence-corrected chi connectivity index (χ3v) is 13.6. The highest BCUT2D eigenvalue weighted by Crippen LogP contribution is 2.47.